The molecule has 0 amide bonds. The van der Waals surface area contributed by atoms with Crippen molar-refractivity contribution in [3.8, 4) is 0 Å². The molecule has 1 fully saturated rings. The van der Waals surface area contributed by atoms with Gasteiger partial charge in [-0.1, -0.05) is 29.8 Å². The van der Waals surface area contributed by atoms with Crippen molar-refractivity contribution < 1.29 is 0 Å². The zero-order valence-electron chi connectivity index (χ0n) is 7.59. The molecule has 2 rings (SSSR count). The average Bonchev–Trinajstić information content (AvgIpc) is 2.61. The zero-order chi connectivity index (χ0) is 9.10. The molecule has 0 aromatic heterocycles. The van der Waals surface area contributed by atoms with Crippen molar-refractivity contribution in [1.82, 2.24) is 5.32 Å². The molecule has 0 saturated carbocycles. The number of nitrogens with one attached hydrogen (secondary N) is 1. The van der Waals surface area contributed by atoms with E-state index in [0.717, 1.165) is 18.0 Å². The Kier molecular flexibility index (Phi) is 2.87. The third-order valence-corrected chi connectivity index (χ3v) is 2.96. The molecule has 1 aromatic carbocycles. The third kappa shape index (κ3) is 2.23. The SMILES string of the molecule is Clc1ccccc1CC1CCCN1. The molecule has 1 aromatic rings. The highest BCUT2D eigenvalue weighted by atomic mass is 35.5. The fourth-order valence-electron chi connectivity index (χ4n) is 1.86. The summed E-state index contributed by atoms with van der Waals surface area (Å²) in [4.78, 5) is 0. The van der Waals surface area contributed by atoms with Crippen LogP contribution in [-0.4, -0.2) is 12.6 Å². The number of benzene rings is 1. The fraction of sp³-hybridized carbons (Fsp3) is 0.455. The molecule has 1 aliphatic heterocycles. The standard InChI is InChI=1S/C11H14ClN/c12-11-6-2-1-4-9(11)8-10-5-3-7-13-10/h1-2,4,6,10,13H,3,5,7-8H2. The van der Waals surface area contributed by atoms with E-state index >= 15 is 0 Å². The van der Waals surface area contributed by atoms with Gasteiger partial charge >= 0.3 is 0 Å². The van der Waals surface area contributed by atoms with E-state index in [-0.39, 0.29) is 0 Å². The lowest BCUT2D eigenvalue weighted by Crippen LogP contribution is -2.23. The Morgan fingerprint density at radius 1 is 1.38 bits per heavy atom. The summed E-state index contributed by atoms with van der Waals surface area (Å²) in [5.41, 5.74) is 1.27. The van der Waals surface area contributed by atoms with Crippen molar-refractivity contribution in [3.05, 3.63) is 34.9 Å². The summed E-state index contributed by atoms with van der Waals surface area (Å²) in [6, 6.07) is 8.75. The molecular weight excluding hydrogens is 182 g/mol. The zero-order valence-corrected chi connectivity index (χ0v) is 8.35. The first-order valence-corrected chi connectivity index (χ1v) is 5.21. The molecule has 1 aliphatic rings. The largest absolute Gasteiger partial charge is 0.314 e. The minimum absolute atomic E-state index is 0.639. The van der Waals surface area contributed by atoms with Crippen LogP contribution in [0.15, 0.2) is 24.3 Å². The lowest BCUT2D eigenvalue weighted by Gasteiger charge is -2.10. The second-order valence-corrected chi connectivity index (χ2v) is 4.00. The Bertz CT molecular complexity index is 279. The van der Waals surface area contributed by atoms with Gasteiger partial charge in [-0.25, -0.2) is 0 Å². The number of hydrogen-bond acceptors (Lipinski definition) is 1. The van der Waals surface area contributed by atoms with Crippen LogP contribution in [0.5, 0.6) is 0 Å². The summed E-state index contributed by atoms with van der Waals surface area (Å²) in [6.45, 7) is 1.16. The van der Waals surface area contributed by atoms with Gasteiger partial charge < -0.3 is 5.32 Å². The van der Waals surface area contributed by atoms with Gasteiger partial charge in [-0.2, -0.15) is 0 Å². The predicted octanol–water partition coefficient (Wildman–Crippen LogP) is 2.63. The van der Waals surface area contributed by atoms with E-state index in [1.165, 1.54) is 18.4 Å². The highest BCUT2D eigenvalue weighted by molar-refractivity contribution is 6.31. The van der Waals surface area contributed by atoms with Crippen LogP contribution in [0.1, 0.15) is 18.4 Å². The van der Waals surface area contributed by atoms with Crippen molar-refractivity contribution in [2.75, 3.05) is 6.54 Å². The van der Waals surface area contributed by atoms with Crippen LogP contribution in [0, 0.1) is 0 Å². The molecule has 1 unspecified atom stereocenters. The number of rotatable bonds is 2. The second-order valence-electron chi connectivity index (χ2n) is 3.59. The Morgan fingerprint density at radius 2 is 2.23 bits per heavy atom. The van der Waals surface area contributed by atoms with Gasteiger partial charge in [-0.05, 0) is 37.4 Å². The van der Waals surface area contributed by atoms with Crippen LogP contribution in [0.2, 0.25) is 5.02 Å². The van der Waals surface area contributed by atoms with E-state index < -0.39 is 0 Å². The maximum absolute atomic E-state index is 6.07. The Hall–Kier alpha value is -0.530. The Morgan fingerprint density at radius 3 is 2.92 bits per heavy atom. The van der Waals surface area contributed by atoms with E-state index in [9.17, 15) is 0 Å². The van der Waals surface area contributed by atoms with Crippen molar-refractivity contribution in [2.24, 2.45) is 0 Å². The van der Waals surface area contributed by atoms with E-state index in [2.05, 4.69) is 17.4 Å². The van der Waals surface area contributed by atoms with Gasteiger partial charge in [0.15, 0.2) is 0 Å². The van der Waals surface area contributed by atoms with Gasteiger partial charge in [-0.15, -0.1) is 0 Å². The van der Waals surface area contributed by atoms with Crippen molar-refractivity contribution >= 4 is 11.6 Å². The lowest BCUT2D eigenvalue weighted by molar-refractivity contribution is 0.603. The quantitative estimate of drug-likeness (QED) is 0.765. The van der Waals surface area contributed by atoms with E-state index in [4.69, 9.17) is 11.6 Å². The van der Waals surface area contributed by atoms with Crippen LogP contribution in [0.25, 0.3) is 0 Å². The van der Waals surface area contributed by atoms with Crippen LogP contribution in [0.4, 0.5) is 0 Å². The maximum Gasteiger partial charge on any atom is 0.0438 e. The van der Waals surface area contributed by atoms with Crippen LogP contribution >= 0.6 is 11.6 Å². The van der Waals surface area contributed by atoms with Crippen LogP contribution in [-0.2, 0) is 6.42 Å². The Balaban J connectivity index is 2.04. The molecule has 1 heterocycles. The topological polar surface area (TPSA) is 12.0 Å². The summed E-state index contributed by atoms with van der Waals surface area (Å²) < 4.78 is 0. The van der Waals surface area contributed by atoms with Crippen LogP contribution < -0.4 is 5.32 Å². The smallest absolute Gasteiger partial charge is 0.0438 e. The van der Waals surface area contributed by atoms with E-state index in [1.807, 2.05) is 12.1 Å². The minimum Gasteiger partial charge on any atom is -0.314 e. The van der Waals surface area contributed by atoms with Gasteiger partial charge in [0, 0.05) is 11.1 Å². The Labute approximate surface area is 84.1 Å². The first-order chi connectivity index (χ1) is 6.36. The molecule has 2 heteroatoms. The molecule has 0 radical (unpaired) electrons. The first kappa shape index (κ1) is 9.04. The minimum atomic E-state index is 0.639. The highest BCUT2D eigenvalue weighted by Gasteiger charge is 2.15. The van der Waals surface area contributed by atoms with Gasteiger partial charge in [-0.3, -0.25) is 0 Å². The van der Waals surface area contributed by atoms with E-state index in [0.29, 0.717) is 6.04 Å². The van der Waals surface area contributed by atoms with Crippen molar-refractivity contribution in [2.45, 2.75) is 25.3 Å². The number of hydrogen-bond donors (Lipinski definition) is 1. The monoisotopic (exact) mass is 195 g/mol. The van der Waals surface area contributed by atoms with Gasteiger partial charge in [0.2, 0.25) is 0 Å². The highest BCUT2D eigenvalue weighted by Crippen LogP contribution is 2.19. The summed E-state index contributed by atoms with van der Waals surface area (Å²) in [6.07, 6.45) is 3.65. The summed E-state index contributed by atoms with van der Waals surface area (Å²) in [5, 5.41) is 4.37. The molecule has 1 atom stereocenters. The summed E-state index contributed by atoms with van der Waals surface area (Å²) in [7, 11) is 0. The van der Waals surface area contributed by atoms with Crippen LogP contribution in [0.3, 0.4) is 0 Å². The summed E-state index contributed by atoms with van der Waals surface area (Å²) >= 11 is 6.07. The average molecular weight is 196 g/mol. The molecule has 1 N–H and O–H groups in total. The van der Waals surface area contributed by atoms with Crippen molar-refractivity contribution in [1.29, 1.82) is 0 Å². The lowest BCUT2D eigenvalue weighted by atomic mass is 10.0. The molecule has 0 aliphatic carbocycles. The summed E-state index contributed by atoms with van der Waals surface area (Å²) in [5.74, 6) is 0. The molecule has 0 spiro atoms. The molecule has 1 nitrogen and oxygen atoms in total. The molecule has 0 bridgehead atoms. The van der Waals surface area contributed by atoms with Gasteiger partial charge in [0.1, 0.15) is 0 Å². The normalized spacial score (nSPS) is 22.1. The van der Waals surface area contributed by atoms with Crippen molar-refractivity contribution in [3.63, 3.8) is 0 Å². The first-order valence-electron chi connectivity index (χ1n) is 4.83. The fourth-order valence-corrected chi connectivity index (χ4v) is 2.07. The van der Waals surface area contributed by atoms with Gasteiger partial charge in [0.25, 0.3) is 0 Å². The second kappa shape index (κ2) is 4.12. The van der Waals surface area contributed by atoms with E-state index in [1.54, 1.807) is 0 Å². The van der Waals surface area contributed by atoms with Gasteiger partial charge in [0.05, 0.1) is 0 Å². The predicted molar refractivity (Wildman–Crippen MR) is 56.2 cm³/mol. The molecule has 70 valence electrons. The molecular formula is C11H14ClN. The maximum atomic E-state index is 6.07. The molecule has 1 saturated heterocycles. The number of halogens is 1. The molecule has 13 heavy (non-hydrogen) atoms. The third-order valence-electron chi connectivity index (χ3n) is 2.59.